The van der Waals surface area contributed by atoms with E-state index >= 15 is 0 Å². The SMILES string of the molecule is CCN(CC)CCCNC1CC(c2cccc(C)c2)C1. The van der Waals surface area contributed by atoms with Crippen LogP contribution < -0.4 is 5.32 Å². The van der Waals surface area contributed by atoms with Gasteiger partial charge in [0.25, 0.3) is 0 Å². The Hall–Kier alpha value is -0.860. The Morgan fingerprint density at radius 3 is 2.60 bits per heavy atom. The molecule has 1 N–H and O–H groups in total. The highest BCUT2D eigenvalue weighted by atomic mass is 15.1. The molecule has 0 amide bonds. The van der Waals surface area contributed by atoms with Crippen LogP contribution in [0.4, 0.5) is 0 Å². The van der Waals surface area contributed by atoms with Gasteiger partial charge in [-0.2, -0.15) is 0 Å². The molecule has 1 saturated carbocycles. The summed E-state index contributed by atoms with van der Waals surface area (Å²) in [5.74, 6) is 0.787. The first kappa shape index (κ1) is 15.5. The van der Waals surface area contributed by atoms with E-state index < -0.39 is 0 Å². The fourth-order valence-electron chi connectivity index (χ4n) is 3.13. The van der Waals surface area contributed by atoms with Crippen LogP contribution in [0.25, 0.3) is 0 Å². The van der Waals surface area contributed by atoms with Crippen molar-refractivity contribution in [2.75, 3.05) is 26.2 Å². The maximum absolute atomic E-state index is 3.71. The van der Waals surface area contributed by atoms with Crippen molar-refractivity contribution in [2.45, 2.75) is 52.0 Å². The first-order chi connectivity index (χ1) is 9.72. The molecule has 2 heteroatoms. The quantitative estimate of drug-likeness (QED) is 0.729. The molecular weight excluding hydrogens is 244 g/mol. The molecular formula is C18H30N2. The number of nitrogens with one attached hydrogen (secondary N) is 1. The molecule has 1 aromatic rings. The van der Waals surface area contributed by atoms with E-state index in [0.29, 0.717) is 0 Å². The lowest BCUT2D eigenvalue weighted by Gasteiger charge is -2.36. The minimum atomic E-state index is 0.747. The third-order valence-electron chi connectivity index (χ3n) is 4.63. The van der Waals surface area contributed by atoms with Gasteiger partial charge in [0.05, 0.1) is 0 Å². The molecule has 0 aromatic heterocycles. The van der Waals surface area contributed by atoms with E-state index in [-0.39, 0.29) is 0 Å². The monoisotopic (exact) mass is 274 g/mol. The first-order valence-corrected chi connectivity index (χ1v) is 8.25. The van der Waals surface area contributed by atoms with Crippen LogP contribution in [0.2, 0.25) is 0 Å². The fourth-order valence-corrected chi connectivity index (χ4v) is 3.13. The largest absolute Gasteiger partial charge is 0.314 e. The molecule has 0 unspecified atom stereocenters. The van der Waals surface area contributed by atoms with Crippen LogP contribution in [-0.2, 0) is 0 Å². The highest BCUT2D eigenvalue weighted by molar-refractivity contribution is 5.27. The van der Waals surface area contributed by atoms with E-state index in [9.17, 15) is 0 Å². The lowest BCUT2D eigenvalue weighted by molar-refractivity contribution is 0.268. The van der Waals surface area contributed by atoms with Crippen LogP contribution in [0, 0.1) is 6.92 Å². The fraction of sp³-hybridized carbons (Fsp3) is 0.667. The summed E-state index contributed by atoms with van der Waals surface area (Å²) < 4.78 is 0. The average molecular weight is 274 g/mol. The Kier molecular flexibility index (Phi) is 6.06. The van der Waals surface area contributed by atoms with Crippen molar-refractivity contribution >= 4 is 0 Å². The summed E-state index contributed by atoms with van der Waals surface area (Å²) in [4.78, 5) is 2.50. The van der Waals surface area contributed by atoms with Gasteiger partial charge in [-0.25, -0.2) is 0 Å². The average Bonchev–Trinajstić information content (AvgIpc) is 2.40. The van der Waals surface area contributed by atoms with E-state index in [4.69, 9.17) is 0 Å². The van der Waals surface area contributed by atoms with Crippen LogP contribution in [0.3, 0.4) is 0 Å². The maximum Gasteiger partial charge on any atom is 0.00787 e. The second-order valence-corrected chi connectivity index (χ2v) is 6.11. The number of rotatable bonds is 8. The Labute approximate surface area is 124 Å². The summed E-state index contributed by atoms with van der Waals surface area (Å²) >= 11 is 0. The number of aryl methyl sites for hydroxylation is 1. The molecule has 2 nitrogen and oxygen atoms in total. The lowest BCUT2D eigenvalue weighted by atomic mass is 9.75. The van der Waals surface area contributed by atoms with Crippen LogP contribution >= 0.6 is 0 Å². The van der Waals surface area contributed by atoms with Crippen LogP contribution in [0.5, 0.6) is 0 Å². The van der Waals surface area contributed by atoms with Gasteiger partial charge in [0.2, 0.25) is 0 Å². The lowest BCUT2D eigenvalue weighted by Crippen LogP contribution is -2.41. The van der Waals surface area contributed by atoms with E-state index in [0.717, 1.165) is 12.0 Å². The Morgan fingerprint density at radius 2 is 1.95 bits per heavy atom. The van der Waals surface area contributed by atoms with Gasteiger partial charge in [0, 0.05) is 6.04 Å². The molecule has 112 valence electrons. The van der Waals surface area contributed by atoms with Crippen molar-refractivity contribution in [3.63, 3.8) is 0 Å². The number of hydrogen-bond donors (Lipinski definition) is 1. The minimum Gasteiger partial charge on any atom is -0.314 e. The molecule has 1 aromatic carbocycles. The van der Waals surface area contributed by atoms with E-state index in [2.05, 4.69) is 55.3 Å². The third kappa shape index (κ3) is 4.32. The van der Waals surface area contributed by atoms with Gasteiger partial charge in [-0.05, 0) is 63.8 Å². The summed E-state index contributed by atoms with van der Waals surface area (Å²) in [5, 5.41) is 3.71. The van der Waals surface area contributed by atoms with Gasteiger partial charge in [0.15, 0.2) is 0 Å². The van der Waals surface area contributed by atoms with Crippen LogP contribution in [-0.4, -0.2) is 37.1 Å². The Bertz CT molecular complexity index is 392. The first-order valence-electron chi connectivity index (χ1n) is 8.25. The smallest absolute Gasteiger partial charge is 0.00787 e. The predicted molar refractivity (Wildman–Crippen MR) is 87.3 cm³/mol. The molecule has 0 aliphatic heterocycles. The molecule has 2 rings (SSSR count). The van der Waals surface area contributed by atoms with E-state index in [1.54, 1.807) is 0 Å². The van der Waals surface area contributed by atoms with Crippen LogP contribution in [0.1, 0.15) is 50.2 Å². The molecule has 0 saturated heterocycles. The van der Waals surface area contributed by atoms with Crippen molar-refractivity contribution < 1.29 is 0 Å². The molecule has 0 bridgehead atoms. The van der Waals surface area contributed by atoms with Crippen molar-refractivity contribution in [1.82, 2.24) is 10.2 Å². The van der Waals surface area contributed by atoms with Crippen molar-refractivity contribution in [1.29, 1.82) is 0 Å². The number of hydrogen-bond acceptors (Lipinski definition) is 2. The maximum atomic E-state index is 3.71. The van der Waals surface area contributed by atoms with Gasteiger partial charge < -0.3 is 10.2 Å². The summed E-state index contributed by atoms with van der Waals surface area (Å²) in [6.07, 6.45) is 3.90. The summed E-state index contributed by atoms with van der Waals surface area (Å²) in [6.45, 7) is 11.4. The molecule has 0 radical (unpaired) electrons. The zero-order valence-electron chi connectivity index (χ0n) is 13.4. The topological polar surface area (TPSA) is 15.3 Å². The molecule has 20 heavy (non-hydrogen) atoms. The highest BCUT2D eigenvalue weighted by Gasteiger charge is 2.29. The van der Waals surface area contributed by atoms with Crippen molar-refractivity contribution in [2.24, 2.45) is 0 Å². The minimum absolute atomic E-state index is 0.747. The van der Waals surface area contributed by atoms with Gasteiger partial charge in [-0.1, -0.05) is 43.7 Å². The van der Waals surface area contributed by atoms with Gasteiger partial charge in [-0.3, -0.25) is 0 Å². The molecule has 1 aliphatic rings. The Balaban J connectivity index is 1.60. The van der Waals surface area contributed by atoms with E-state index in [1.165, 1.54) is 56.6 Å². The van der Waals surface area contributed by atoms with Crippen molar-refractivity contribution in [3.05, 3.63) is 35.4 Å². The number of benzene rings is 1. The second kappa shape index (κ2) is 7.80. The standard InChI is InChI=1S/C18H30N2/c1-4-20(5-2)11-7-10-19-18-13-17(14-18)16-9-6-8-15(3)12-16/h6,8-9,12,17-19H,4-5,7,10-11,13-14H2,1-3H3. The zero-order chi connectivity index (χ0) is 14.4. The van der Waals surface area contributed by atoms with E-state index in [1.807, 2.05) is 0 Å². The normalized spacial score (nSPS) is 22.0. The van der Waals surface area contributed by atoms with Gasteiger partial charge in [0.1, 0.15) is 0 Å². The summed E-state index contributed by atoms with van der Waals surface area (Å²) in [5.41, 5.74) is 2.92. The van der Waals surface area contributed by atoms with Gasteiger partial charge in [-0.15, -0.1) is 0 Å². The number of nitrogens with zero attached hydrogens (tertiary/aromatic N) is 1. The van der Waals surface area contributed by atoms with Crippen molar-refractivity contribution in [3.8, 4) is 0 Å². The molecule has 0 heterocycles. The summed E-state index contributed by atoms with van der Waals surface area (Å²) in [6, 6.07) is 9.76. The second-order valence-electron chi connectivity index (χ2n) is 6.11. The Morgan fingerprint density at radius 1 is 1.20 bits per heavy atom. The molecule has 0 atom stereocenters. The van der Waals surface area contributed by atoms with Gasteiger partial charge >= 0.3 is 0 Å². The molecule has 0 spiro atoms. The predicted octanol–water partition coefficient (Wildman–Crippen LogP) is 3.56. The third-order valence-corrected chi connectivity index (χ3v) is 4.63. The molecule has 1 fully saturated rings. The summed E-state index contributed by atoms with van der Waals surface area (Å²) in [7, 11) is 0. The van der Waals surface area contributed by atoms with Crippen LogP contribution in [0.15, 0.2) is 24.3 Å². The zero-order valence-corrected chi connectivity index (χ0v) is 13.4. The molecule has 1 aliphatic carbocycles. The highest BCUT2D eigenvalue weighted by Crippen LogP contribution is 2.36.